The second-order valence-electron chi connectivity index (χ2n) is 6.31. The molecule has 2 unspecified atom stereocenters. The molecule has 0 aromatic heterocycles. The van der Waals surface area contributed by atoms with Crippen molar-refractivity contribution in [2.45, 2.75) is 45.6 Å². The Bertz CT molecular complexity index is 474. The molecule has 1 aromatic rings. The van der Waals surface area contributed by atoms with Gasteiger partial charge in [0, 0.05) is 12.0 Å². The standard InChI is InChI=1S/C17H26N2O2/c1-12(2)11-21-16-9-4-3-8-15(16)19-17(20)13-6-5-7-14(18)10-13/h3-4,8-9,12-14H,5-7,10-11,18H2,1-2H3,(H,19,20). The lowest BCUT2D eigenvalue weighted by molar-refractivity contribution is -0.120. The predicted octanol–water partition coefficient (Wildman–Crippen LogP) is 3.18. The maximum absolute atomic E-state index is 12.4. The molecular formula is C17H26N2O2. The van der Waals surface area contributed by atoms with Gasteiger partial charge in [0.25, 0.3) is 0 Å². The average Bonchev–Trinajstić information content (AvgIpc) is 2.46. The number of amides is 1. The van der Waals surface area contributed by atoms with Crippen molar-refractivity contribution in [2.75, 3.05) is 11.9 Å². The van der Waals surface area contributed by atoms with Crippen LogP contribution >= 0.6 is 0 Å². The molecule has 0 heterocycles. The van der Waals surface area contributed by atoms with E-state index in [-0.39, 0.29) is 17.9 Å². The molecule has 0 bridgehead atoms. The van der Waals surface area contributed by atoms with Gasteiger partial charge in [-0.05, 0) is 37.3 Å². The Morgan fingerprint density at radius 1 is 1.38 bits per heavy atom. The van der Waals surface area contributed by atoms with Gasteiger partial charge in [-0.3, -0.25) is 4.79 Å². The number of carbonyl (C=O) groups excluding carboxylic acids is 1. The number of benzene rings is 1. The summed E-state index contributed by atoms with van der Waals surface area (Å²) < 4.78 is 5.77. The smallest absolute Gasteiger partial charge is 0.227 e. The lowest BCUT2D eigenvalue weighted by atomic mass is 9.85. The second kappa shape index (κ2) is 7.46. The minimum Gasteiger partial charge on any atom is -0.491 e. The molecule has 2 atom stereocenters. The molecule has 0 saturated heterocycles. The number of hydrogen-bond acceptors (Lipinski definition) is 3. The summed E-state index contributed by atoms with van der Waals surface area (Å²) in [5, 5.41) is 3.01. The van der Waals surface area contributed by atoms with E-state index in [1.165, 1.54) is 0 Å². The Morgan fingerprint density at radius 2 is 2.14 bits per heavy atom. The van der Waals surface area contributed by atoms with Crippen molar-refractivity contribution >= 4 is 11.6 Å². The summed E-state index contributed by atoms with van der Waals surface area (Å²) in [5.74, 6) is 1.27. The Hall–Kier alpha value is -1.55. The highest BCUT2D eigenvalue weighted by Crippen LogP contribution is 2.28. The molecule has 1 aromatic carbocycles. The van der Waals surface area contributed by atoms with E-state index in [2.05, 4.69) is 19.2 Å². The molecule has 1 amide bonds. The lowest BCUT2D eigenvalue weighted by Crippen LogP contribution is -2.34. The first kappa shape index (κ1) is 15.8. The van der Waals surface area contributed by atoms with Crippen LogP contribution in [-0.4, -0.2) is 18.6 Å². The van der Waals surface area contributed by atoms with Gasteiger partial charge in [-0.1, -0.05) is 32.4 Å². The van der Waals surface area contributed by atoms with Crippen LogP contribution in [0.5, 0.6) is 5.75 Å². The van der Waals surface area contributed by atoms with Crippen molar-refractivity contribution in [2.24, 2.45) is 17.6 Å². The van der Waals surface area contributed by atoms with Crippen LogP contribution in [-0.2, 0) is 4.79 Å². The zero-order valence-electron chi connectivity index (χ0n) is 13.0. The number of anilines is 1. The summed E-state index contributed by atoms with van der Waals surface area (Å²) in [6.45, 7) is 4.84. The fourth-order valence-corrected chi connectivity index (χ4v) is 2.65. The third kappa shape index (κ3) is 4.74. The number of hydrogen-bond donors (Lipinski definition) is 2. The number of rotatable bonds is 5. The molecule has 1 saturated carbocycles. The minimum atomic E-state index is 0.0203. The first-order valence-electron chi connectivity index (χ1n) is 7.84. The topological polar surface area (TPSA) is 64.3 Å². The zero-order chi connectivity index (χ0) is 15.2. The molecule has 116 valence electrons. The van der Waals surface area contributed by atoms with Crippen molar-refractivity contribution < 1.29 is 9.53 Å². The minimum absolute atomic E-state index is 0.0203. The SMILES string of the molecule is CC(C)COc1ccccc1NC(=O)C1CCCC(N)C1. The van der Waals surface area contributed by atoms with Crippen LogP contribution in [0.4, 0.5) is 5.69 Å². The van der Waals surface area contributed by atoms with E-state index in [0.717, 1.165) is 37.1 Å². The lowest BCUT2D eigenvalue weighted by Gasteiger charge is -2.26. The normalized spacial score (nSPS) is 22.1. The summed E-state index contributed by atoms with van der Waals surface area (Å²) in [4.78, 5) is 12.4. The molecule has 4 heteroatoms. The third-order valence-electron chi connectivity index (χ3n) is 3.80. The van der Waals surface area contributed by atoms with Gasteiger partial charge in [0.1, 0.15) is 5.75 Å². The number of nitrogens with one attached hydrogen (secondary N) is 1. The van der Waals surface area contributed by atoms with E-state index in [1.807, 2.05) is 24.3 Å². The Morgan fingerprint density at radius 3 is 2.86 bits per heavy atom. The van der Waals surface area contributed by atoms with Crippen LogP contribution in [0, 0.1) is 11.8 Å². The summed E-state index contributed by atoms with van der Waals surface area (Å²) in [7, 11) is 0. The van der Waals surface area contributed by atoms with E-state index < -0.39 is 0 Å². The van der Waals surface area contributed by atoms with Crippen LogP contribution in [0.2, 0.25) is 0 Å². The molecule has 0 spiro atoms. The van der Waals surface area contributed by atoms with Crippen LogP contribution in [0.1, 0.15) is 39.5 Å². The maximum atomic E-state index is 12.4. The summed E-state index contributed by atoms with van der Waals surface area (Å²) in [6, 6.07) is 7.76. The monoisotopic (exact) mass is 290 g/mol. The number of nitrogens with two attached hydrogens (primary N) is 1. The van der Waals surface area contributed by atoms with Crippen LogP contribution in [0.15, 0.2) is 24.3 Å². The summed E-state index contributed by atoms with van der Waals surface area (Å²) in [6.07, 6.45) is 3.76. The van der Waals surface area contributed by atoms with Gasteiger partial charge in [0.2, 0.25) is 5.91 Å². The highest BCUT2D eigenvalue weighted by molar-refractivity contribution is 5.94. The molecular weight excluding hydrogens is 264 g/mol. The first-order valence-corrected chi connectivity index (χ1v) is 7.84. The van der Waals surface area contributed by atoms with E-state index >= 15 is 0 Å². The van der Waals surface area contributed by atoms with Gasteiger partial charge in [-0.2, -0.15) is 0 Å². The predicted molar refractivity (Wildman–Crippen MR) is 85.3 cm³/mol. The van der Waals surface area contributed by atoms with Gasteiger partial charge < -0.3 is 15.8 Å². The zero-order valence-corrected chi connectivity index (χ0v) is 13.0. The van der Waals surface area contributed by atoms with E-state index in [1.54, 1.807) is 0 Å². The van der Waals surface area contributed by atoms with Crippen molar-refractivity contribution in [3.63, 3.8) is 0 Å². The molecule has 21 heavy (non-hydrogen) atoms. The quantitative estimate of drug-likeness (QED) is 0.875. The first-order chi connectivity index (χ1) is 10.1. The van der Waals surface area contributed by atoms with E-state index in [9.17, 15) is 4.79 Å². The fraction of sp³-hybridized carbons (Fsp3) is 0.588. The van der Waals surface area contributed by atoms with Crippen molar-refractivity contribution in [1.82, 2.24) is 0 Å². The Balaban J connectivity index is 1.99. The van der Waals surface area contributed by atoms with Crippen LogP contribution in [0.25, 0.3) is 0 Å². The van der Waals surface area contributed by atoms with Gasteiger partial charge in [-0.15, -0.1) is 0 Å². The summed E-state index contributed by atoms with van der Waals surface area (Å²) >= 11 is 0. The molecule has 0 aliphatic heterocycles. The van der Waals surface area contributed by atoms with E-state index in [4.69, 9.17) is 10.5 Å². The number of carbonyl (C=O) groups is 1. The largest absolute Gasteiger partial charge is 0.491 e. The second-order valence-corrected chi connectivity index (χ2v) is 6.31. The Kier molecular flexibility index (Phi) is 5.62. The molecule has 3 N–H and O–H groups in total. The third-order valence-corrected chi connectivity index (χ3v) is 3.80. The van der Waals surface area contributed by atoms with Gasteiger partial charge in [-0.25, -0.2) is 0 Å². The Labute approximate surface area is 127 Å². The van der Waals surface area contributed by atoms with Crippen molar-refractivity contribution in [3.05, 3.63) is 24.3 Å². The van der Waals surface area contributed by atoms with Gasteiger partial charge in [0.15, 0.2) is 0 Å². The average molecular weight is 290 g/mol. The number of ether oxygens (including phenoxy) is 1. The van der Waals surface area contributed by atoms with E-state index in [0.29, 0.717) is 12.5 Å². The maximum Gasteiger partial charge on any atom is 0.227 e. The van der Waals surface area contributed by atoms with Crippen LogP contribution in [0.3, 0.4) is 0 Å². The molecule has 1 aliphatic rings. The molecule has 0 radical (unpaired) electrons. The molecule has 1 fully saturated rings. The van der Waals surface area contributed by atoms with Gasteiger partial charge >= 0.3 is 0 Å². The van der Waals surface area contributed by atoms with Crippen molar-refractivity contribution in [1.29, 1.82) is 0 Å². The fourth-order valence-electron chi connectivity index (χ4n) is 2.65. The molecule has 4 nitrogen and oxygen atoms in total. The summed E-state index contributed by atoms with van der Waals surface area (Å²) in [5.41, 5.74) is 6.71. The molecule has 1 aliphatic carbocycles. The number of para-hydroxylation sites is 2. The van der Waals surface area contributed by atoms with Gasteiger partial charge in [0.05, 0.1) is 12.3 Å². The molecule has 2 rings (SSSR count). The van der Waals surface area contributed by atoms with Crippen molar-refractivity contribution in [3.8, 4) is 5.75 Å². The van der Waals surface area contributed by atoms with Crippen LogP contribution < -0.4 is 15.8 Å². The highest BCUT2D eigenvalue weighted by Gasteiger charge is 2.25. The highest BCUT2D eigenvalue weighted by atomic mass is 16.5.